The molecule has 0 spiro atoms. The Bertz CT molecular complexity index is 425. The Labute approximate surface area is 120 Å². The van der Waals surface area contributed by atoms with E-state index in [9.17, 15) is 4.79 Å². The second-order valence-corrected chi connectivity index (χ2v) is 5.21. The summed E-state index contributed by atoms with van der Waals surface area (Å²) in [5, 5.41) is 2.81. The number of morpholine rings is 1. The Kier molecular flexibility index (Phi) is 5.52. The number of ether oxygens (including phenoxy) is 1. The van der Waals surface area contributed by atoms with Crippen LogP contribution < -0.4 is 11.1 Å². The van der Waals surface area contributed by atoms with Gasteiger partial charge in [0, 0.05) is 26.2 Å². The molecule has 0 aliphatic carbocycles. The van der Waals surface area contributed by atoms with Crippen LogP contribution in [0.15, 0.2) is 24.3 Å². The second kappa shape index (κ2) is 7.38. The van der Waals surface area contributed by atoms with E-state index in [0.29, 0.717) is 6.54 Å². The molecule has 0 aromatic heterocycles. The van der Waals surface area contributed by atoms with Crippen molar-refractivity contribution in [3.05, 3.63) is 35.4 Å². The number of nitrogens with two attached hydrogens (primary N) is 1. The van der Waals surface area contributed by atoms with Gasteiger partial charge in [0.05, 0.1) is 19.3 Å². The molecule has 3 N–H and O–H groups in total. The van der Waals surface area contributed by atoms with Gasteiger partial charge in [-0.05, 0) is 18.1 Å². The quantitative estimate of drug-likeness (QED) is 0.821. The third kappa shape index (κ3) is 4.59. The Morgan fingerprint density at radius 2 is 1.90 bits per heavy atom. The highest BCUT2D eigenvalue weighted by Crippen LogP contribution is 2.09. The van der Waals surface area contributed by atoms with Crippen molar-refractivity contribution in [2.45, 2.75) is 26.1 Å². The van der Waals surface area contributed by atoms with E-state index in [0.717, 1.165) is 38.4 Å². The minimum absolute atomic E-state index is 0.123. The molecular weight excluding hydrogens is 254 g/mol. The molecule has 2 rings (SSSR count). The molecule has 20 heavy (non-hydrogen) atoms. The molecule has 1 unspecified atom stereocenters. The summed E-state index contributed by atoms with van der Waals surface area (Å²) in [5.74, 6) is -0.123. The van der Waals surface area contributed by atoms with E-state index in [4.69, 9.17) is 10.5 Å². The average Bonchev–Trinajstić information content (AvgIpc) is 2.47. The SMILES string of the molecule is CC(N)C(=O)NCc1ccc(CN2CCOCC2)cc1. The third-order valence-electron chi connectivity index (χ3n) is 3.41. The standard InChI is InChI=1S/C15H23N3O2/c1-12(16)15(19)17-10-13-2-4-14(5-3-13)11-18-6-8-20-9-7-18/h2-5,12H,6-11,16H2,1H3,(H,17,19). The molecule has 1 aliphatic heterocycles. The topological polar surface area (TPSA) is 67.6 Å². The lowest BCUT2D eigenvalue weighted by molar-refractivity contribution is -0.122. The molecule has 1 amide bonds. The first-order valence-electron chi connectivity index (χ1n) is 7.06. The van der Waals surface area contributed by atoms with E-state index in [1.807, 2.05) is 0 Å². The van der Waals surface area contributed by atoms with E-state index in [1.165, 1.54) is 5.56 Å². The van der Waals surface area contributed by atoms with Gasteiger partial charge < -0.3 is 15.8 Å². The van der Waals surface area contributed by atoms with Crippen molar-refractivity contribution in [3.8, 4) is 0 Å². The Morgan fingerprint density at radius 1 is 1.30 bits per heavy atom. The first-order chi connectivity index (χ1) is 9.65. The van der Waals surface area contributed by atoms with Crippen LogP contribution in [0.25, 0.3) is 0 Å². The summed E-state index contributed by atoms with van der Waals surface area (Å²) in [6.45, 7) is 6.79. The zero-order valence-electron chi connectivity index (χ0n) is 12.0. The molecule has 1 aromatic carbocycles. The van der Waals surface area contributed by atoms with Crippen LogP contribution in [0.3, 0.4) is 0 Å². The maximum atomic E-state index is 11.4. The highest BCUT2D eigenvalue weighted by atomic mass is 16.5. The molecule has 1 aliphatic rings. The largest absolute Gasteiger partial charge is 0.379 e. The maximum Gasteiger partial charge on any atom is 0.236 e. The number of amides is 1. The molecule has 5 nitrogen and oxygen atoms in total. The van der Waals surface area contributed by atoms with Crippen molar-refractivity contribution in [2.24, 2.45) is 5.73 Å². The first kappa shape index (κ1) is 15.0. The van der Waals surface area contributed by atoms with Gasteiger partial charge >= 0.3 is 0 Å². The zero-order valence-corrected chi connectivity index (χ0v) is 12.0. The van der Waals surface area contributed by atoms with Gasteiger partial charge in [-0.3, -0.25) is 9.69 Å². The van der Waals surface area contributed by atoms with Crippen molar-refractivity contribution in [2.75, 3.05) is 26.3 Å². The van der Waals surface area contributed by atoms with Crippen molar-refractivity contribution >= 4 is 5.91 Å². The molecule has 1 saturated heterocycles. The van der Waals surface area contributed by atoms with E-state index in [2.05, 4.69) is 34.5 Å². The van der Waals surface area contributed by atoms with Crippen LogP contribution >= 0.6 is 0 Å². The average molecular weight is 277 g/mol. The van der Waals surface area contributed by atoms with Crippen LogP contribution in [0.4, 0.5) is 0 Å². The highest BCUT2D eigenvalue weighted by Gasteiger charge is 2.10. The zero-order chi connectivity index (χ0) is 14.4. The third-order valence-corrected chi connectivity index (χ3v) is 3.41. The molecule has 0 saturated carbocycles. The van der Waals surface area contributed by atoms with Gasteiger partial charge in [0.1, 0.15) is 0 Å². The van der Waals surface area contributed by atoms with Crippen LogP contribution in [0.5, 0.6) is 0 Å². The first-order valence-corrected chi connectivity index (χ1v) is 7.06. The number of benzene rings is 1. The summed E-state index contributed by atoms with van der Waals surface area (Å²) in [6.07, 6.45) is 0. The van der Waals surface area contributed by atoms with Crippen LogP contribution in [-0.2, 0) is 22.6 Å². The van der Waals surface area contributed by atoms with Crippen molar-refractivity contribution < 1.29 is 9.53 Å². The van der Waals surface area contributed by atoms with Crippen molar-refractivity contribution in [1.29, 1.82) is 0 Å². The van der Waals surface area contributed by atoms with Crippen LogP contribution in [-0.4, -0.2) is 43.2 Å². The van der Waals surface area contributed by atoms with Gasteiger partial charge in [0.2, 0.25) is 5.91 Å². The fourth-order valence-electron chi connectivity index (χ4n) is 2.13. The molecule has 1 aromatic rings. The number of hydrogen-bond acceptors (Lipinski definition) is 4. The van der Waals surface area contributed by atoms with Gasteiger partial charge in [0.25, 0.3) is 0 Å². The molecule has 1 fully saturated rings. The summed E-state index contributed by atoms with van der Waals surface area (Å²) in [7, 11) is 0. The smallest absolute Gasteiger partial charge is 0.236 e. The van der Waals surface area contributed by atoms with Gasteiger partial charge in [-0.2, -0.15) is 0 Å². The minimum atomic E-state index is -0.462. The number of nitrogens with zero attached hydrogens (tertiary/aromatic N) is 1. The predicted molar refractivity (Wildman–Crippen MR) is 78.0 cm³/mol. The fourth-order valence-corrected chi connectivity index (χ4v) is 2.13. The fraction of sp³-hybridized carbons (Fsp3) is 0.533. The monoisotopic (exact) mass is 277 g/mol. The molecular formula is C15H23N3O2. The molecule has 0 bridgehead atoms. The summed E-state index contributed by atoms with van der Waals surface area (Å²) < 4.78 is 5.34. The maximum absolute atomic E-state index is 11.4. The molecule has 5 heteroatoms. The summed E-state index contributed by atoms with van der Waals surface area (Å²) in [4.78, 5) is 13.8. The summed E-state index contributed by atoms with van der Waals surface area (Å²) in [5.41, 5.74) is 7.87. The van der Waals surface area contributed by atoms with E-state index in [-0.39, 0.29) is 5.91 Å². The summed E-state index contributed by atoms with van der Waals surface area (Å²) >= 11 is 0. The highest BCUT2D eigenvalue weighted by molar-refractivity contribution is 5.80. The van der Waals surface area contributed by atoms with E-state index in [1.54, 1.807) is 6.92 Å². The molecule has 1 atom stereocenters. The number of carbonyl (C=O) groups excluding carboxylic acids is 1. The van der Waals surface area contributed by atoms with Crippen molar-refractivity contribution in [3.63, 3.8) is 0 Å². The van der Waals surface area contributed by atoms with E-state index >= 15 is 0 Å². The van der Waals surface area contributed by atoms with Gasteiger partial charge in [-0.1, -0.05) is 24.3 Å². The lowest BCUT2D eigenvalue weighted by atomic mass is 10.1. The van der Waals surface area contributed by atoms with Crippen LogP contribution in [0, 0.1) is 0 Å². The van der Waals surface area contributed by atoms with Gasteiger partial charge in [0.15, 0.2) is 0 Å². The Morgan fingerprint density at radius 3 is 2.50 bits per heavy atom. The van der Waals surface area contributed by atoms with Crippen LogP contribution in [0.1, 0.15) is 18.1 Å². The molecule has 110 valence electrons. The Balaban J connectivity index is 1.81. The number of rotatable bonds is 5. The van der Waals surface area contributed by atoms with Crippen LogP contribution in [0.2, 0.25) is 0 Å². The molecule has 1 heterocycles. The minimum Gasteiger partial charge on any atom is -0.379 e. The lowest BCUT2D eigenvalue weighted by Crippen LogP contribution is -2.37. The number of nitrogens with one attached hydrogen (secondary N) is 1. The number of carbonyl (C=O) groups is 1. The number of hydrogen-bond donors (Lipinski definition) is 2. The molecule has 0 radical (unpaired) electrons. The van der Waals surface area contributed by atoms with Gasteiger partial charge in [-0.25, -0.2) is 0 Å². The normalized spacial score (nSPS) is 17.7. The van der Waals surface area contributed by atoms with Gasteiger partial charge in [-0.15, -0.1) is 0 Å². The predicted octanol–water partition coefficient (Wildman–Crippen LogP) is 0.482. The summed E-state index contributed by atoms with van der Waals surface area (Å²) in [6, 6.07) is 7.87. The van der Waals surface area contributed by atoms with Crippen molar-refractivity contribution in [1.82, 2.24) is 10.2 Å². The lowest BCUT2D eigenvalue weighted by Gasteiger charge is -2.26. The second-order valence-electron chi connectivity index (χ2n) is 5.21. The Hall–Kier alpha value is -1.43. The van der Waals surface area contributed by atoms with E-state index < -0.39 is 6.04 Å².